The van der Waals surface area contributed by atoms with E-state index in [4.69, 9.17) is 0 Å². The molecule has 26 heavy (non-hydrogen) atoms. The van der Waals surface area contributed by atoms with Crippen molar-refractivity contribution in [2.45, 2.75) is 30.8 Å². The fourth-order valence-electron chi connectivity index (χ4n) is 3.28. The van der Waals surface area contributed by atoms with E-state index in [0.717, 1.165) is 29.7 Å². The Bertz CT molecular complexity index is 1030. The normalized spacial score (nSPS) is 11.3. The molecule has 2 aromatic heterocycles. The summed E-state index contributed by atoms with van der Waals surface area (Å²) in [5.41, 5.74) is 2.58. The number of benzene rings is 2. The number of fused-ring (bicyclic) bond motifs is 1. The highest BCUT2D eigenvalue weighted by Crippen LogP contribution is 2.27. The van der Waals surface area contributed by atoms with Crippen LogP contribution >= 0.6 is 11.8 Å². The molecule has 0 aliphatic heterocycles. The van der Waals surface area contributed by atoms with E-state index in [1.165, 1.54) is 22.0 Å². The first kappa shape index (κ1) is 16.9. The lowest BCUT2D eigenvalue weighted by molar-refractivity contribution is 0.645. The van der Waals surface area contributed by atoms with E-state index in [-0.39, 0.29) is 0 Å². The van der Waals surface area contributed by atoms with E-state index >= 15 is 0 Å². The second-order valence-electron chi connectivity index (χ2n) is 6.36. The van der Waals surface area contributed by atoms with Crippen LogP contribution in [0.1, 0.15) is 24.0 Å². The molecule has 0 saturated heterocycles. The molecule has 0 N–H and O–H groups in total. The molecule has 0 fully saturated rings. The van der Waals surface area contributed by atoms with Gasteiger partial charge in [0.05, 0.1) is 0 Å². The van der Waals surface area contributed by atoms with Gasteiger partial charge < -0.3 is 9.13 Å². The molecule has 4 rings (SSSR count). The van der Waals surface area contributed by atoms with Crippen LogP contribution in [0.3, 0.4) is 0 Å². The summed E-state index contributed by atoms with van der Waals surface area (Å²) in [4.78, 5) is 0. The van der Waals surface area contributed by atoms with Crippen LogP contribution in [-0.2, 0) is 25.8 Å². The average Bonchev–Trinajstić information content (AvgIpc) is 3.26. The number of thioether (sulfide) groups is 1. The molecule has 0 radical (unpaired) electrons. The summed E-state index contributed by atoms with van der Waals surface area (Å²) in [6, 6.07) is 19.2. The quantitative estimate of drug-likeness (QED) is 0.468. The number of hydrogen-bond acceptors (Lipinski definition) is 3. The van der Waals surface area contributed by atoms with Gasteiger partial charge in [0.15, 0.2) is 5.16 Å². The van der Waals surface area contributed by atoms with Crippen molar-refractivity contribution in [2.75, 3.05) is 0 Å². The van der Waals surface area contributed by atoms with E-state index in [2.05, 4.69) is 94.1 Å². The highest BCUT2D eigenvalue weighted by molar-refractivity contribution is 7.98. The fourth-order valence-corrected chi connectivity index (χ4v) is 4.30. The van der Waals surface area contributed by atoms with Gasteiger partial charge in [0, 0.05) is 37.7 Å². The third kappa shape index (κ3) is 3.27. The lowest BCUT2D eigenvalue weighted by atomic mass is 10.1. The summed E-state index contributed by atoms with van der Waals surface area (Å²) in [6.07, 6.45) is 2.87. The van der Waals surface area contributed by atoms with Gasteiger partial charge in [-0.05, 0) is 35.4 Å². The lowest BCUT2D eigenvalue weighted by Crippen LogP contribution is -2.06. The van der Waals surface area contributed by atoms with Gasteiger partial charge in [-0.2, -0.15) is 0 Å². The molecule has 0 aliphatic carbocycles. The largest absolute Gasteiger partial charge is 0.354 e. The molecule has 0 atom stereocenters. The Hall–Kier alpha value is -2.53. The maximum atomic E-state index is 4.46. The van der Waals surface area contributed by atoms with Crippen molar-refractivity contribution in [1.29, 1.82) is 0 Å². The summed E-state index contributed by atoms with van der Waals surface area (Å²) in [6.45, 7) is 3.03. The standard InChI is InChI=1S/C21H22N4S/c1-3-25-20(14-18-11-7-13-24(18)2)22-23-21(25)26-15-17-10-6-9-16-8-4-5-12-19(16)17/h4-13H,3,14-15H2,1-2H3. The Morgan fingerprint density at radius 1 is 0.962 bits per heavy atom. The van der Waals surface area contributed by atoms with Gasteiger partial charge in [-0.25, -0.2) is 0 Å². The van der Waals surface area contributed by atoms with Gasteiger partial charge in [-0.1, -0.05) is 54.2 Å². The minimum Gasteiger partial charge on any atom is -0.354 e. The third-order valence-electron chi connectivity index (χ3n) is 4.74. The van der Waals surface area contributed by atoms with E-state index in [9.17, 15) is 0 Å². The Morgan fingerprint density at radius 2 is 1.81 bits per heavy atom. The number of aromatic nitrogens is 4. The van der Waals surface area contributed by atoms with Crippen LogP contribution in [-0.4, -0.2) is 19.3 Å². The van der Waals surface area contributed by atoms with Crippen molar-refractivity contribution in [3.63, 3.8) is 0 Å². The Morgan fingerprint density at radius 3 is 2.62 bits per heavy atom. The van der Waals surface area contributed by atoms with Gasteiger partial charge in [-0.15, -0.1) is 10.2 Å². The summed E-state index contributed by atoms with van der Waals surface area (Å²) >= 11 is 1.76. The molecule has 0 saturated carbocycles. The van der Waals surface area contributed by atoms with Crippen LogP contribution < -0.4 is 0 Å². The topological polar surface area (TPSA) is 35.6 Å². The number of nitrogens with zero attached hydrogens (tertiary/aromatic N) is 4. The first-order chi connectivity index (χ1) is 12.8. The molecule has 2 aromatic carbocycles. The molecule has 0 amide bonds. The number of hydrogen-bond donors (Lipinski definition) is 0. The zero-order valence-corrected chi connectivity index (χ0v) is 15.9. The second-order valence-corrected chi connectivity index (χ2v) is 7.30. The van der Waals surface area contributed by atoms with Crippen molar-refractivity contribution < 1.29 is 0 Å². The molecule has 4 aromatic rings. The third-order valence-corrected chi connectivity index (χ3v) is 5.75. The van der Waals surface area contributed by atoms with Crippen molar-refractivity contribution in [3.05, 3.63) is 77.9 Å². The Labute approximate surface area is 157 Å². The molecular formula is C21H22N4S. The van der Waals surface area contributed by atoms with Gasteiger partial charge >= 0.3 is 0 Å². The highest BCUT2D eigenvalue weighted by atomic mass is 32.2. The minimum absolute atomic E-state index is 0.805. The molecule has 4 nitrogen and oxygen atoms in total. The van der Waals surface area contributed by atoms with Crippen LogP contribution in [0.2, 0.25) is 0 Å². The maximum Gasteiger partial charge on any atom is 0.191 e. The highest BCUT2D eigenvalue weighted by Gasteiger charge is 2.13. The smallest absolute Gasteiger partial charge is 0.191 e. The first-order valence-electron chi connectivity index (χ1n) is 8.88. The molecule has 132 valence electrons. The molecule has 0 bridgehead atoms. The van der Waals surface area contributed by atoms with E-state index in [0.29, 0.717) is 0 Å². The Balaban J connectivity index is 1.56. The predicted octanol–water partition coefficient (Wildman–Crippen LogP) is 4.67. The summed E-state index contributed by atoms with van der Waals surface area (Å²) in [5.74, 6) is 1.92. The van der Waals surface area contributed by atoms with E-state index in [1.807, 2.05) is 0 Å². The predicted molar refractivity (Wildman–Crippen MR) is 107 cm³/mol. The van der Waals surface area contributed by atoms with Gasteiger partial charge in [0.2, 0.25) is 0 Å². The lowest BCUT2D eigenvalue weighted by Gasteiger charge is -2.09. The van der Waals surface area contributed by atoms with Crippen molar-refractivity contribution >= 4 is 22.5 Å². The van der Waals surface area contributed by atoms with E-state index < -0.39 is 0 Å². The molecule has 0 unspecified atom stereocenters. The zero-order valence-electron chi connectivity index (χ0n) is 15.1. The van der Waals surface area contributed by atoms with Crippen molar-refractivity contribution in [3.8, 4) is 0 Å². The summed E-state index contributed by atoms with van der Waals surface area (Å²) in [7, 11) is 2.07. The van der Waals surface area contributed by atoms with Crippen LogP contribution in [0.4, 0.5) is 0 Å². The maximum absolute atomic E-state index is 4.46. The Kier molecular flexibility index (Phi) is 4.80. The zero-order chi connectivity index (χ0) is 17.9. The van der Waals surface area contributed by atoms with Crippen molar-refractivity contribution in [1.82, 2.24) is 19.3 Å². The monoisotopic (exact) mass is 362 g/mol. The van der Waals surface area contributed by atoms with Gasteiger partial charge in [-0.3, -0.25) is 0 Å². The average molecular weight is 363 g/mol. The number of aryl methyl sites for hydroxylation is 1. The van der Waals surface area contributed by atoms with Crippen LogP contribution in [0.15, 0.2) is 66.0 Å². The van der Waals surface area contributed by atoms with Gasteiger partial charge in [0.1, 0.15) is 5.82 Å². The van der Waals surface area contributed by atoms with Gasteiger partial charge in [0.25, 0.3) is 0 Å². The molecule has 2 heterocycles. The number of rotatable bonds is 6. The summed E-state index contributed by atoms with van der Waals surface area (Å²) < 4.78 is 4.36. The SMILES string of the molecule is CCn1c(Cc2cccn2C)nnc1SCc1cccc2ccccc12. The van der Waals surface area contributed by atoms with Crippen LogP contribution in [0.25, 0.3) is 10.8 Å². The first-order valence-corrected chi connectivity index (χ1v) is 9.86. The molecule has 5 heteroatoms. The molecule has 0 aliphatic rings. The van der Waals surface area contributed by atoms with E-state index in [1.54, 1.807) is 11.8 Å². The molecule has 0 spiro atoms. The minimum atomic E-state index is 0.805. The van der Waals surface area contributed by atoms with Crippen LogP contribution in [0.5, 0.6) is 0 Å². The summed E-state index contributed by atoms with van der Waals surface area (Å²) in [5, 5.41) is 12.5. The fraction of sp³-hybridized carbons (Fsp3) is 0.238. The van der Waals surface area contributed by atoms with Crippen molar-refractivity contribution in [2.24, 2.45) is 7.05 Å². The van der Waals surface area contributed by atoms with Crippen LogP contribution in [0, 0.1) is 0 Å². The molecular weight excluding hydrogens is 340 g/mol. The second kappa shape index (κ2) is 7.38.